The highest BCUT2D eigenvalue weighted by molar-refractivity contribution is 9.10. The molecule has 0 fully saturated rings. The maximum Gasteiger partial charge on any atom is 0.128 e. The Labute approximate surface area is 98.1 Å². The minimum absolute atomic E-state index is 0.177. The molecule has 0 spiro atoms. The molecular weight excluding hydrogens is 256 g/mol. The van der Waals surface area contributed by atoms with Crippen molar-refractivity contribution in [3.63, 3.8) is 0 Å². The van der Waals surface area contributed by atoms with Crippen molar-refractivity contribution in [2.75, 3.05) is 11.9 Å². The number of aromatic nitrogens is 1. The molecule has 82 valence electrons. The quantitative estimate of drug-likeness (QED) is 0.650. The van der Waals surface area contributed by atoms with E-state index in [0.717, 1.165) is 10.3 Å². The number of halogens is 1. The first-order chi connectivity index (χ1) is 7.00. The van der Waals surface area contributed by atoms with Gasteiger partial charge in [-0.15, -0.1) is 0 Å². The van der Waals surface area contributed by atoms with Crippen LogP contribution in [0.1, 0.15) is 13.3 Å². The molecule has 1 atom stereocenters. The smallest absolute Gasteiger partial charge is 0.128 e. The van der Waals surface area contributed by atoms with Gasteiger partial charge in [0.05, 0.1) is 5.84 Å². The van der Waals surface area contributed by atoms with Gasteiger partial charge in [0.2, 0.25) is 0 Å². The van der Waals surface area contributed by atoms with Crippen LogP contribution in [0.25, 0.3) is 0 Å². The van der Waals surface area contributed by atoms with Gasteiger partial charge in [-0.1, -0.05) is 0 Å². The molecule has 1 aromatic rings. The van der Waals surface area contributed by atoms with Gasteiger partial charge in [-0.3, -0.25) is 5.41 Å². The summed E-state index contributed by atoms with van der Waals surface area (Å²) in [6.45, 7) is 2.02. The van der Waals surface area contributed by atoms with Crippen molar-refractivity contribution in [2.24, 2.45) is 5.73 Å². The van der Waals surface area contributed by atoms with E-state index in [9.17, 15) is 0 Å². The van der Waals surface area contributed by atoms with Gasteiger partial charge in [0, 0.05) is 30.2 Å². The van der Waals surface area contributed by atoms with E-state index in [-0.39, 0.29) is 11.9 Å². The molecular formula is C10H15BrN4. The molecule has 3 N–H and O–H groups in total. The van der Waals surface area contributed by atoms with Gasteiger partial charge in [-0.25, -0.2) is 4.98 Å². The zero-order valence-corrected chi connectivity index (χ0v) is 10.5. The average Bonchev–Trinajstić information content (AvgIpc) is 2.17. The second-order valence-electron chi connectivity index (χ2n) is 3.52. The topological polar surface area (TPSA) is 66.0 Å². The molecule has 0 amide bonds. The van der Waals surface area contributed by atoms with Crippen LogP contribution >= 0.6 is 15.9 Å². The number of nitrogens with two attached hydrogens (primary N) is 1. The molecule has 4 nitrogen and oxygen atoms in total. The molecule has 0 aliphatic rings. The van der Waals surface area contributed by atoms with Crippen LogP contribution in [-0.2, 0) is 0 Å². The lowest BCUT2D eigenvalue weighted by molar-refractivity contribution is 0.700. The highest BCUT2D eigenvalue weighted by Crippen LogP contribution is 2.16. The number of anilines is 1. The van der Waals surface area contributed by atoms with Crippen LogP contribution in [0, 0.1) is 5.41 Å². The molecule has 0 saturated carbocycles. The summed E-state index contributed by atoms with van der Waals surface area (Å²) in [7, 11) is 1.95. The Morgan fingerprint density at radius 1 is 1.67 bits per heavy atom. The lowest BCUT2D eigenvalue weighted by Gasteiger charge is -2.25. The third kappa shape index (κ3) is 3.51. The Morgan fingerprint density at radius 2 is 2.33 bits per heavy atom. The number of amidine groups is 1. The Hall–Kier alpha value is -1.10. The van der Waals surface area contributed by atoms with Crippen LogP contribution < -0.4 is 10.6 Å². The number of nitrogens with zero attached hydrogens (tertiary/aromatic N) is 2. The van der Waals surface area contributed by atoms with Crippen LogP contribution in [-0.4, -0.2) is 23.9 Å². The van der Waals surface area contributed by atoms with Crippen molar-refractivity contribution >= 4 is 27.6 Å². The molecule has 0 saturated heterocycles. The largest absolute Gasteiger partial charge is 0.388 e. The van der Waals surface area contributed by atoms with Crippen molar-refractivity contribution in [1.82, 2.24) is 4.98 Å². The molecule has 0 aliphatic heterocycles. The summed E-state index contributed by atoms with van der Waals surface area (Å²) in [6.07, 6.45) is 2.31. The minimum atomic E-state index is 0.177. The third-order valence-electron chi connectivity index (χ3n) is 2.25. The second kappa shape index (κ2) is 5.11. The fourth-order valence-corrected chi connectivity index (χ4v) is 1.49. The Balaban J connectivity index is 2.71. The first kappa shape index (κ1) is 12.0. The number of hydrogen-bond donors (Lipinski definition) is 2. The van der Waals surface area contributed by atoms with Crippen molar-refractivity contribution in [3.05, 3.63) is 22.8 Å². The van der Waals surface area contributed by atoms with Crippen molar-refractivity contribution in [1.29, 1.82) is 5.41 Å². The number of nitrogens with one attached hydrogen (secondary N) is 1. The van der Waals surface area contributed by atoms with Gasteiger partial charge < -0.3 is 10.6 Å². The van der Waals surface area contributed by atoms with Crippen LogP contribution in [0.3, 0.4) is 0 Å². The van der Waals surface area contributed by atoms with Crippen LogP contribution in [0.4, 0.5) is 5.82 Å². The molecule has 1 rings (SSSR count). The normalized spacial score (nSPS) is 12.2. The Bertz CT molecular complexity index is 336. The Morgan fingerprint density at radius 3 is 2.80 bits per heavy atom. The molecule has 1 unspecified atom stereocenters. The van der Waals surface area contributed by atoms with Crippen LogP contribution in [0.5, 0.6) is 0 Å². The molecule has 0 bridgehead atoms. The summed E-state index contributed by atoms with van der Waals surface area (Å²) in [5.41, 5.74) is 5.36. The maximum absolute atomic E-state index is 7.24. The van der Waals surface area contributed by atoms with E-state index in [0.29, 0.717) is 6.42 Å². The molecule has 15 heavy (non-hydrogen) atoms. The highest BCUT2D eigenvalue weighted by atomic mass is 79.9. The van der Waals surface area contributed by atoms with E-state index in [2.05, 4.69) is 20.9 Å². The van der Waals surface area contributed by atoms with Gasteiger partial charge in [-0.05, 0) is 35.0 Å². The maximum atomic E-state index is 7.24. The minimum Gasteiger partial charge on any atom is -0.388 e. The zero-order chi connectivity index (χ0) is 11.4. The van der Waals surface area contributed by atoms with Crippen LogP contribution in [0.15, 0.2) is 22.8 Å². The average molecular weight is 271 g/mol. The number of hydrogen-bond acceptors (Lipinski definition) is 3. The van der Waals surface area contributed by atoms with Gasteiger partial charge in [-0.2, -0.15) is 0 Å². The van der Waals surface area contributed by atoms with E-state index in [4.69, 9.17) is 11.1 Å². The second-order valence-corrected chi connectivity index (χ2v) is 4.44. The molecule has 0 aliphatic carbocycles. The third-order valence-corrected chi connectivity index (χ3v) is 2.72. The Kier molecular flexibility index (Phi) is 4.08. The summed E-state index contributed by atoms with van der Waals surface area (Å²) in [5.74, 6) is 1.08. The van der Waals surface area contributed by atoms with E-state index >= 15 is 0 Å². The van der Waals surface area contributed by atoms with Crippen molar-refractivity contribution in [3.8, 4) is 0 Å². The van der Waals surface area contributed by atoms with Crippen LogP contribution in [0.2, 0.25) is 0 Å². The highest BCUT2D eigenvalue weighted by Gasteiger charge is 2.11. The lowest BCUT2D eigenvalue weighted by Crippen LogP contribution is -2.33. The number of rotatable bonds is 4. The molecule has 0 aromatic carbocycles. The predicted molar refractivity (Wildman–Crippen MR) is 66.3 cm³/mol. The standard InChI is InChI=1S/C10H15BrN4/c1-7(5-9(12)13)15(2)10-4-3-8(11)6-14-10/h3-4,6-7H,5H2,1-2H3,(H3,12,13). The van der Waals surface area contributed by atoms with Gasteiger partial charge >= 0.3 is 0 Å². The summed E-state index contributed by atoms with van der Waals surface area (Å²) in [5, 5.41) is 7.24. The fraction of sp³-hybridized carbons (Fsp3) is 0.400. The lowest BCUT2D eigenvalue weighted by atomic mass is 10.2. The zero-order valence-electron chi connectivity index (χ0n) is 8.87. The predicted octanol–water partition coefficient (Wildman–Crippen LogP) is 1.99. The molecule has 5 heteroatoms. The monoisotopic (exact) mass is 270 g/mol. The van der Waals surface area contributed by atoms with Gasteiger partial charge in [0.15, 0.2) is 0 Å². The number of pyridine rings is 1. The van der Waals surface area contributed by atoms with E-state index in [1.165, 1.54) is 0 Å². The SMILES string of the molecule is CC(CC(=N)N)N(C)c1ccc(Br)cn1. The molecule has 0 radical (unpaired) electrons. The fourth-order valence-electron chi connectivity index (χ4n) is 1.26. The first-order valence-corrected chi connectivity index (χ1v) is 5.47. The van der Waals surface area contributed by atoms with E-state index in [1.807, 2.05) is 31.0 Å². The summed E-state index contributed by atoms with van der Waals surface area (Å²) >= 11 is 3.34. The van der Waals surface area contributed by atoms with Gasteiger partial charge in [0.1, 0.15) is 5.82 Å². The van der Waals surface area contributed by atoms with Crippen molar-refractivity contribution in [2.45, 2.75) is 19.4 Å². The van der Waals surface area contributed by atoms with E-state index in [1.54, 1.807) is 6.20 Å². The first-order valence-electron chi connectivity index (χ1n) is 4.68. The molecule has 1 aromatic heterocycles. The van der Waals surface area contributed by atoms with Gasteiger partial charge in [0.25, 0.3) is 0 Å². The van der Waals surface area contributed by atoms with E-state index < -0.39 is 0 Å². The summed E-state index contributed by atoms with van der Waals surface area (Å²) < 4.78 is 0.957. The molecule has 1 heterocycles. The van der Waals surface area contributed by atoms with Crippen molar-refractivity contribution < 1.29 is 0 Å². The summed E-state index contributed by atoms with van der Waals surface area (Å²) in [4.78, 5) is 6.28. The summed E-state index contributed by atoms with van der Waals surface area (Å²) in [6, 6.07) is 4.05.